The molecule has 0 aliphatic heterocycles. The van der Waals surface area contributed by atoms with Gasteiger partial charge in [-0.25, -0.2) is 9.78 Å². The maximum atomic E-state index is 12.5. The summed E-state index contributed by atoms with van der Waals surface area (Å²) in [6, 6.07) is 2.13. The Kier molecular flexibility index (Phi) is 6.59. The zero-order valence-electron chi connectivity index (χ0n) is 14.3. The molecule has 23 heavy (non-hydrogen) atoms. The molecule has 0 aliphatic rings. The Morgan fingerprint density at radius 3 is 2.65 bits per heavy atom. The van der Waals surface area contributed by atoms with Crippen LogP contribution in [0, 0.1) is 19.8 Å². The van der Waals surface area contributed by atoms with Crippen molar-refractivity contribution in [1.82, 2.24) is 15.2 Å². The van der Waals surface area contributed by atoms with E-state index < -0.39 is 0 Å². The molecule has 0 unspecified atom stereocenters. The molecule has 4 nitrogen and oxygen atoms in total. The Morgan fingerprint density at radius 2 is 2.09 bits per heavy atom. The van der Waals surface area contributed by atoms with Gasteiger partial charge in [0.2, 0.25) is 0 Å². The Balaban J connectivity index is 1.91. The van der Waals surface area contributed by atoms with Gasteiger partial charge in [-0.15, -0.1) is 22.7 Å². The number of aromatic nitrogens is 1. The van der Waals surface area contributed by atoms with Gasteiger partial charge in [0.15, 0.2) is 0 Å². The van der Waals surface area contributed by atoms with Gasteiger partial charge in [0.1, 0.15) is 0 Å². The van der Waals surface area contributed by atoms with Crippen molar-refractivity contribution in [1.29, 1.82) is 0 Å². The molecule has 2 amide bonds. The molecule has 2 aromatic heterocycles. The van der Waals surface area contributed by atoms with Crippen molar-refractivity contribution < 1.29 is 4.79 Å². The molecule has 2 rings (SSSR count). The molecule has 0 aromatic carbocycles. The van der Waals surface area contributed by atoms with Gasteiger partial charge in [-0.2, -0.15) is 0 Å². The number of thiazole rings is 1. The van der Waals surface area contributed by atoms with Gasteiger partial charge in [0, 0.05) is 29.3 Å². The fourth-order valence-corrected chi connectivity index (χ4v) is 4.06. The molecule has 0 saturated carbocycles. The Labute approximate surface area is 146 Å². The predicted molar refractivity (Wildman–Crippen MR) is 98.3 cm³/mol. The quantitative estimate of drug-likeness (QED) is 0.811. The minimum Gasteiger partial charge on any atom is -0.338 e. The van der Waals surface area contributed by atoms with E-state index in [2.05, 4.69) is 42.5 Å². The normalized spacial score (nSPS) is 11.0. The number of carbonyl (C=O) groups excluding carboxylic acids is 1. The molecule has 6 heteroatoms. The van der Waals surface area contributed by atoms with Crippen LogP contribution in [0.1, 0.15) is 34.9 Å². The summed E-state index contributed by atoms with van der Waals surface area (Å²) < 4.78 is 0. The summed E-state index contributed by atoms with van der Waals surface area (Å²) in [5, 5.41) is 5.14. The second kappa shape index (κ2) is 8.45. The van der Waals surface area contributed by atoms with E-state index in [4.69, 9.17) is 0 Å². The molecule has 0 spiro atoms. The summed E-state index contributed by atoms with van der Waals surface area (Å²) >= 11 is 3.37. The second-order valence-corrected chi connectivity index (χ2v) is 8.08. The Morgan fingerprint density at radius 1 is 1.30 bits per heavy atom. The van der Waals surface area contributed by atoms with Crippen molar-refractivity contribution >= 4 is 28.7 Å². The number of rotatable bonds is 7. The summed E-state index contributed by atoms with van der Waals surface area (Å²) in [7, 11) is 0. The van der Waals surface area contributed by atoms with Crippen molar-refractivity contribution in [3.63, 3.8) is 0 Å². The highest BCUT2D eigenvalue weighted by Gasteiger charge is 2.16. The highest BCUT2D eigenvalue weighted by molar-refractivity contribution is 7.10. The van der Waals surface area contributed by atoms with E-state index in [1.165, 1.54) is 15.3 Å². The molecule has 0 radical (unpaired) electrons. The lowest BCUT2D eigenvalue weighted by atomic mass is 10.2. The van der Waals surface area contributed by atoms with Crippen LogP contribution in [0.5, 0.6) is 0 Å². The van der Waals surface area contributed by atoms with Crippen molar-refractivity contribution in [3.8, 4) is 0 Å². The summed E-state index contributed by atoms with van der Waals surface area (Å²) in [6.07, 6.45) is 0.843. The highest BCUT2D eigenvalue weighted by atomic mass is 32.1. The minimum atomic E-state index is 0.0219. The summed E-state index contributed by atoms with van der Waals surface area (Å²) in [5.41, 5.74) is 4.19. The standard InChI is InChI=1S/C17H25N3OS2/c1-12(2)9-20(10-16-13(3)6-8-22-16)17(21)18-7-5-15-14(4)19-11-23-15/h6,8,11-12H,5,7,9-10H2,1-4H3,(H,18,21). The van der Waals surface area contributed by atoms with Crippen molar-refractivity contribution in [2.45, 2.75) is 40.7 Å². The molecule has 0 saturated heterocycles. The number of hydrogen-bond donors (Lipinski definition) is 1. The summed E-state index contributed by atoms with van der Waals surface area (Å²) in [6.45, 7) is 10.5. The average Bonchev–Trinajstić information content (AvgIpc) is 3.07. The van der Waals surface area contributed by atoms with Gasteiger partial charge in [-0.3, -0.25) is 0 Å². The van der Waals surface area contributed by atoms with E-state index in [1.807, 2.05) is 17.3 Å². The molecule has 126 valence electrons. The average molecular weight is 352 g/mol. The van der Waals surface area contributed by atoms with E-state index in [9.17, 15) is 4.79 Å². The zero-order valence-corrected chi connectivity index (χ0v) is 15.9. The molecule has 0 fully saturated rings. The predicted octanol–water partition coefficient (Wildman–Crippen LogP) is 4.23. The Bertz CT molecular complexity index is 633. The van der Waals surface area contributed by atoms with Crippen LogP contribution in [0.3, 0.4) is 0 Å². The molecule has 0 aliphatic carbocycles. The van der Waals surface area contributed by atoms with Gasteiger partial charge in [0.25, 0.3) is 0 Å². The van der Waals surface area contributed by atoms with E-state index in [-0.39, 0.29) is 6.03 Å². The third-order valence-electron chi connectivity index (χ3n) is 3.65. The van der Waals surface area contributed by atoms with E-state index in [0.717, 1.165) is 18.7 Å². The van der Waals surface area contributed by atoms with Gasteiger partial charge < -0.3 is 10.2 Å². The monoisotopic (exact) mass is 351 g/mol. The first-order valence-electron chi connectivity index (χ1n) is 7.92. The molecular formula is C17H25N3OS2. The van der Waals surface area contributed by atoms with Gasteiger partial charge in [-0.05, 0) is 36.8 Å². The topological polar surface area (TPSA) is 45.2 Å². The number of carbonyl (C=O) groups is 1. The third-order valence-corrected chi connectivity index (χ3v) is 5.65. The van der Waals surface area contributed by atoms with Crippen molar-refractivity contribution in [2.24, 2.45) is 5.92 Å². The van der Waals surface area contributed by atoms with E-state index in [1.54, 1.807) is 22.7 Å². The van der Waals surface area contributed by atoms with Crippen LogP contribution in [-0.2, 0) is 13.0 Å². The SMILES string of the molecule is Cc1ccsc1CN(CC(C)C)C(=O)NCCc1scnc1C. The van der Waals surface area contributed by atoms with Crippen LogP contribution in [0.2, 0.25) is 0 Å². The number of thiophene rings is 1. The number of aryl methyl sites for hydroxylation is 2. The first-order chi connectivity index (χ1) is 11.0. The maximum absolute atomic E-state index is 12.5. The first kappa shape index (κ1) is 17.9. The van der Waals surface area contributed by atoms with Crippen LogP contribution in [0.15, 0.2) is 17.0 Å². The van der Waals surface area contributed by atoms with E-state index in [0.29, 0.717) is 19.0 Å². The summed E-state index contributed by atoms with van der Waals surface area (Å²) in [4.78, 5) is 21.2. The maximum Gasteiger partial charge on any atom is 0.317 e. The lowest BCUT2D eigenvalue weighted by molar-refractivity contribution is 0.188. The number of amides is 2. The number of urea groups is 1. The number of nitrogens with one attached hydrogen (secondary N) is 1. The third kappa shape index (κ3) is 5.32. The van der Waals surface area contributed by atoms with Crippen LogP contribution in [0.25, 0.3) is 0 Å². The lowest BCUT2D eigenvalue weighted by Gasteiger charge is -2.25. The van der Waals surface area contributed by atoms with Crippen LogP contribution in [0.4, 0.5) is 4.79 Å². The molecule has 2 aromatic rings. The number of hydrogen-bond acceptors (Lipinski definition) is 4. The largest absolute Gasteiger partial charge is 0.338 e. The van der Waals surface area contributed by atoms with Crippen LogP contribution in [-0.4, -0.2) is 29.0 Å². The van der Waals surface area contributed by atoms with Crippen molar-refractivity contribution in [3.05, 3.63) is 38.0 Å². The minimum absolute atomic E-state index is 0.0219. The van der Waals surface area contributed by atoms with Crippen LogP contribution >= 0.6 is 22.7 Å². The van der Waals surface area contributed by atoms with Crippen LogP contribution < -0.4 is 5.32 Å². The zero-order chi connectivity index (χ0) is 16.8. The summed E-state index contributed by atoms with van der Waals surface area (Å²) in [5.74, 6) is 0.449. The fraction of sp³-hybridized carbons (Fsp3) is 0.529. The fourth-order valence-electron chi connectivity index (χ4n) is 2.36. The molecule has 0 bridgehead atoms. The first-order valence-corrected chi connectivity index (χ1v) is 9.68. The molecule has 1 N–H and O–H groups in total. The molecule has 2 heterocycles. The smallest absolute Gasteiger partial charge is 0.317 e. The molecular weight excluding hydrogens is 326 g/mol. The highest BCUT2D eigenvalue weighted by Crippen LogP contribution is 2.18. The lowest BCUT2D eigenvalue weighted by Crippen LogP contribution is -2.42. The van der Waals surface area contributed by atoms with Gasteiger partial charge in [-0.1, -0.05) is 13.8 Å². The van der Waals surface area contributed by atoms with E-state index >= 15 is 0 Å². The van der Waals surface area contributed by atoms with Crippen molar-refractivity contribution in [2.75, 3.05) is 13.1 Å². The molecule has 0 atom stereocenters. The van der Waals surface area contributed by atoms with Gasteiger partial charge >= 0.3 is 6.03 Å². The Hall–Kier alpha value is -1.40. The second-order valence-electron chi connectivity index (χ2n) is 6.14. The number of nitrogens with zero attached hydrogens (tertiary/aromatic N) is 2. The van der Waals surface area contributed by atoms with Gasteiger partial charge in [0.05, 0.1) is 17.7 Å².